The van der Waals surface area contributed by atoms with Gasteiger partial charge in [-0.05, 0) is 29.7 Å². The first-order valence-electron chi connectivity index (χ1n) is 6.87. The second-order valence-corrected chi connectivity index (χ2v) is 4.85. The summed E-state index contributed by atoms with van der Waals surface area (Å²) in [6.07, 6.45) is 0.501. The van der Waals surface area contributed by atoms with Crippen LogP contribution >= 0.6 is 0 Å². The van der Waals surface area contributed by atoms with Gasteiger partial charge in [0.05, 0.1) is 0 Å². The van der Waals surface area contributed by atoms with E-state index >= 15 is 0 Å². The molecule has 0 aromatic heterocycles. The summed E-state index contributed by atoms with van der Waals surface area (Å²) >= 11 is 0. The Balaban J connectivity index is 2.32. The summed E-state index contributed by atoms with van der Waals surface area (Å²) in [4.78, 5) is 21.6. The molecule has 5 heteroatoms. The molecular formula is C17H17NO4. The van der Waals surface area contributed by atoms with Crippen LogP contribution < -0.4 is 10.5 Å². The van der Waals surface area contributed by atoms with Crippen LogP contribution in [0.2, 0.25) is 0 Å². The number of carboxylic acids is 1. The highest BCUT2D eigenvalue weighted by Gasteiger charge is 2.10. The minimum atomic E-state index is -0.838. The fraction of sp³-hybridized carbons (Fsp3) is 0.176. The quantitative estimate of drug-likeness (QED) is 0.820. The molecule has 0 spiro atoms. The van der Waals surface area contributed by atoms with Gasteiger partial charge < -0.3 is 15.6 Å². The van der Waals surface area contributed by atoms with E-state index in [4.69, 9.17) is 15.6 Å². The van der Waals surface area contributed by atoms with Crippen LogP contribution in [0.25, 0.3) is 11.1 Å². The average molecular weight is 299 g/mol. The number of carboxylic acid groups (broad SMARTS) is 1. The predicted octanol–water partition coefficient (Wildman–Crippen LogP) is 2.23. The molecule has 2 aromatic rings. The Labute approximate surface area is 128 Å². The monoisotopic (exact) mass is 299 g/mol. The SMILES string of the molecule is NC(=O)COc1ccc(CCC(=O)O)cc1-c1ccccc1. The van der Waals surface area contributed by atoms with Crippen molar-refractivity contribution in [1.29, 1.82) is 0 Å². The van der Waals surface area contributed by atoms with Crippen molar-refractivity contribution in [2.45, 2.75) is 12.8 Å². The maximum atomic E-state index is 10.9. The fourth-order valence-electron chi connectivity index (χ4n) is 2.10. The predicted molar refractivity (Wildman–Crippen MR) is 82.5 cm³/mol. The number of carbonyl (C=O) groups excluding carboxylic acids is 1. The molecule has 0 saturated carbocycles. The number of hydrogen-bond donors (Lipinski definition) is 2. The van der Waals surface area contributed by atoms with Gasteiger partial charge in [-0.2, -0.15) is 0 Å². The standard InChI is InChI=1S/C17H17NO4/c18-16(19)11-22-15-8-6-12(7-9-17(20)21)10-14(15)13-4-2-1-3-5-13/h1-6,8,10H,7,9,11H2,(H2,18,19)(H,20,21). The molecule has 0 radical (unpaired) electrons. The second kappa shape index (κ2) is 7.26. The molecule has 1 amide bonds. The first-order valence-corrected chi connectivity index (χ1v) is 6.87. The number of rotatable bonds is 7. The minimum absolute atomic E-state index is 0.0652. The molecule has 0 saturated heterocycles. The van der Waals surface area contributed by atoms with E-state index in [0.717, 1.165) is 16.7 Å². The Morgan fingerprint density at radius 2 is 1.82 bits per heavy atom. The molecule has 3 N–H and O–H groups in total. The molecule has 114 valence electrons. The zero-order chi connectivity index (χ0) is 15.9. The summed E-state index contributed by atoms with van der Waals surface area (Å²) in [7, 11) is 0. The molecular weight excluding hydrogens is 282 g/mol. The summed E-state index contributed by atoms with van der Waals surface area (Å²) in [6.45, 7) is -0.200. The number of benzene rings is 2. The van der Waals surface area contributed by atoms with Gasteiger partial charge in [-0.25, -0.2) is 0 Å². The number of aryl methyl sites for hydroxylation is 1. The highest BCUT2D eigenvalue weighted by Crippen LogP contribution is 2.31. The van der Waals surface area contributed by atoms with Gasteiger partial charge in [-0.3, -0.25) is 9.59 Å². The van der Waals surface area contributed by atoms with Crippen LogP contribution in [0.15, 0.2) is 48.5 Å². The molecule has 0 fully saturated rings. The van der Waals surface area contributed by atoms with Crippen molar-refractivity contribution in [3.8, 4) is 16.9 Å². The lowest BCUT2D eigenvalue weighted by atomic mass is 10.00. The van der Waals surface area contributed by atoms with Crippen molar-refractivity contribution in [3.63, 3.8) is 0 Å². The van der Waals surface area contributed by atoms with E-state index < -0.39 is 11.9 Å². The summed E-state index contributed by atoms with van der Waals surface area (Å²) in [5.74, 6) is -0.839. The third-order valence-electron chi connectivity index (χ3n) is 3.13. The van der Waals surface area contributed by atoms with Gasteiger partial charge >= 0.3 is 5.97 Å². The van der Waals surface area contributed by atoms with Crippen molar-refractivity contribution in [2.24, 2.45) is 5.73 Å². The molecule has 0 atom stereocenters. The van der Waals surface area contributed by atoms with E-state index in [1.54, 1.807) is 12.1 Å². The Morgan fingerprint density at radius 3 is 2.45 bits per heavy atom. The average Bonchev–Trinajstić information content (AvgIpc) is 2.52. The normalized spacial score (nSPS) is 10.2. The zero-order valence-corrected chi connectivity index (χ0v) is 12.0. The van der Waals surface area contributed by atoms with Crippen molar-refractivity contribution >= 4 is 11.9 Å². The zero-order valence-electron chi connectivity index (χ0n) is 12.0. The van der Waals surface area contributed by atoms with Gasteiger partial charge in [-0.1, -0.05) is 36.4 Å². The Hall–Kier alpha value is -2.82. The maximum Gasteiger partial charge on any atom is 0.303 e. The van der Waals surface area contributed by atoms with Gasteiger partial charge in [0.15, 0.2) is 6.61 Å². The molecule has 0 aliphatic carbocycles. The summed E-state index contributed by atoms with van der Waals surface area (Å²) in [6, 6.07) is 15.0. The maximum absolute atomic E-state index is 10.9. The number of ether oxygens (including phenoxy) is 1. The smallest absolute Gasteiger partial charge is 0.303 e. The van der Waals surface area contributed by atoms with Crippen molar-refractivity contribution in [2.75, 3.05) is 6.61 Å². The molecule has 0 aliphatic heterocycles. The van der Waals surface area contributed by atoms with Crippen molar-refractivity contribution in [3.05, 3.63) is 54.1 Å². The molecule has 5 nitrogen and oxygen atoms in total. The van der Waals surface area contributed by atoms with Crippen LogP contribution in [0.5, 0.6) is 5.75 Å². The third-order valence-corrected chi connectivity index (χ3v) is 3.13. The number of primary amides is 1. The number of aliphatic carboxylic acids is 1. The summed E-state index contributed by atoms with van der Waals surface area (Å²) in [5.41, 5.74) is 7.75. The largest absolute Gasteiger partial charge is 0.483 e. The lowest BCUT2D eigenvalue weighted by Gasteiger charge is -2.12. The molecule has 2 rings (SSSR count). The van der Waals surface area contributed by atoms with Gasteiger partial charge in [0.1, 0.15) is 5.75 Å². The Morgan fingerprint density at radius 1 is 1.09 bits per heavy atom. The van der Waals surface area contributed by atoms with E-state index in [9.17, 15) is 9.59 Å². The number of amides is 1. The number of carbonyl (C=O) groups is 2. The topological polar surface area (TPSA) is 89.6 Å². The van der Waals surface area contributed by atoms with Gasteiger partial charge in [0.25, 0.3) is 5.91 Å². The Kier molecular flexibility index (Phi) is 5.14. The van der Waals surface area contributed by atoms with Crippen LogP contribution in [0, 0.1) is 0 Å². The second-order valence-electron chi connectivity index (χ2n) is 4.85. The Bertz CT molecular complexity index is 668. The van der Waals surface area contributed by atoms with Crippen LogP contribution in [0.3, 0.4) is 0 Å². The van der Waals surface area contributed by atoms with E-state index in [1.165, 1.54) is 0 Å². The van der Waals surface area contributed by atoms with E-state index in [-0.39, 0.29) is 13.0 Å². The van der Waals surface area contributed by atoms with Crippen molar-refractivity contribution < 1.29 is 19.4 Å². The molecule has 0 bridgehead atoms. The highest BCUT2D eigenvalue weighted by molar-refractivity contribution is 5.76. The van der Waals surface area contributed by atoms with Gasteiger partial charge in [0.2, 0.25) is 0 Å². The summed E-state index contributed by atoms with van der Waals surface area (Å²) in [5, 5.41) is 8.78. The van der Waals surface area contributed by atoms with Crippen LogP contribution in [0.4, 0.5) is 0 Å². The van der Waals surface area contributed by atoms with E-state index in [0.29, 0.717) is 12.2 Å². The molecule has 2 aromatic carbocycles. The van der Waals surface area contributed by atoms with Gasteiger partial charge in [0, 0.05) is 12.0 Å². The molecule has 22 heavy (non-hydrogen) atoms. The fourth-order valence-corrected chi connectivity index (χ4v) is 2.10. The first-order chi connectivity index (χ1) is 10.6. The lowest BCUT2D eigenvalue weighted by Crippen LogP contribution is -2.20. The molecule has 0 unspecified atom stereocenters. The van der Waals surface area contributed by atoms with Crippen LogP contribution in [-0.2, 0) is 16.0 Å². The first kappa shape index (κ1) is 15.6. The van der Waals surface area contributed by atoms with Crippen molar-refractivity contribution in [1.82, 2.24) is 0 Å². The molecule has 0 heterocycles. The minimum Gasteiger partial charge on any atom is -0.483 e. The van der Waals surface area contributed by atoms with E-state index in [1.807, 2.05) is 36.4 Å². The van der Waals surface area contributed by atoms with Gasteiger partial charge in [-0.15, -0.1) is 0 Å². The van der Waals surface area contributed by atoms with E-state index in [2.05, 4.69) is 0 Å². The number of hydrogen-bond acceptors (Lipinski definition) is 3. The van der Waals surface area contributed by atoms with Crippen LogP contribution in [0.1, 0.15) is 12.0 Å². The molecule has 0 aliphatic rings. The lowest BCUT2D eigenvalue weighted by molar-refractivity contribution is -0.137. The summed E-state index contributed by atoms with van der Waals surface area (Å²) < 4.78 is 5.44. The highest BCUT2D eigenvalue weighted by atomic mass is 16.5. The van der Waals surface area contributed by atoms with Crippen LogP contribution in [-0.4, -0.2) is 23.6 Å². The number of nitrogens with two attached hydrogens (primary N) is 1. The third kappa shape index (κ3) is 4.34.